The van der Waals surface area contributed by atoms with Crippen LogP contribution in [0.2, 0.25) is 0 Å². The van der Waals surface area contributed by atoms with Crippen molar-refractivity contribution in [2.75, 3.05) is 46.4 Å². The predicted octanol–water partition coefficient (Wildman–Crippen LogP) is 1.61. The van der Waals surface area contributed by atoms with Gasteiger partial charge in [0.05, 0.1) is 12.0 Å². The number of ether oxygens (including phenoxy) is 1. The molecule has 2 saturated heterocycles. The first-order chi connectivity index (χ1) is 11.5. The van der Waals surface area contributed by atoms with Gasteiger partial charge in [0.2, 0.25) is 5.91 Å². The highest BCUT2D eigenvalue weighted by atomic mass is 16.5. The first-order valence-electron chi connectivity index (χ1n) is 8.87. The van der Waals surface area contributed by atoms with Gasteiger partial charge in [0.25, 0.3) is 0 Å². The van der Waals surface area contributed by atoms with Gasteiger partial charge in [-0.3, -0.25) is 9.59 Å². The lowest BCUT2D eigenvalue weighted by molar-refractivity contribution is -0.156. The fraction of sp³-hybridized carbons (Fsp3) is 0.778. The molecule has 0 radical (unpaired) electrons. The molecule has 0 aliphatic carbocycles. The summed E-state index contributed by atoms with van der Waals surface area (Å²) in [5.74, 6) is -0.651. The summed E-state index contributed by atoms with van der Waals surface area (Å²) in [5, 5.41) is 9.64. The number of methoxy groups -OCH3 is 1. The van der Waals surface area contributed by atoms with E-state index in [4.69, 9.17) is 4.74 Å². The smallest absolute Gasteiger partial charge is 0.311 e. The van der Waals surface area contributed by atoms with Gasteiger partial charge in [-0.25, -0.2) is 0 Å². The zero-order valence-electron chi connectivity index (χ0n) is 14.7. The second kappa shape index (κ2) is 8.62. The van der Waals surface area contributed by atoms with Crippen LogP contribution in [0, 0.1) is 11.3 Å². The number of likely N-dealkylation sites (tertiary alicyclic amines) is 2. The summed E-state index contributed by atoms with van der Waals surface area (Å²) in [6.45, 7) is 8.12. The average molecular weight is 338 g/mol. The number of carboxylic acid groups (broad SMARTS) is 1. The Bertz CT molecular complexity index is 460. The Morgan fingerprint density at radius 2 is 2.04 bits per heavy atom. The van der Waals surface area contributed by atoms with E-state index in [0.29, 0.717) is 32.5 Å². The van der Waals surface area contributed by atoms with Crippen LogP contribution >= 0.6 is 0 Å². The molecule has 6 nitrogen and oxygen atoms in total. The summed E-state index contributed by atoms with van der Waals surface area (Å²) in [4.78, 5) is 28.7. The van der Waals surface area contributed by atoms with Gasteiger partial charge in [-0.1, -0.05) is 6.08 Å². The summed E-state index contributed by atoms with van der Waals surface area (Å²) in [6, 6.07) is 0. The number of amides is 1. The SMILES string of the molecule is C=CC[C@@]1(C(=O)O)CCCN(C(=O)C2CCN(CCOC)CC2)C1. The van der Waals surface area contributed by atoms with Crippen LogP contribution in [0.15, 0.2) is 12.7 Å². The highest BCUT2D eigenvalue weighted by molar-refractivity contribution is 5.81. The lowest BCUT2D eigenvalue weighted by Crippen LogP contribution is -2.52. The molecular weight excluding hydrogens is 308 g/mol. The van der Waals surface area contributed by atoms with Crippen LogP contribution in [0.4, 0.5) is 0 Å². The lowest BCUT2D eigenvalue weighted by atomic mass is 9.76. The van der Waals surface area contributed by atoms with Crippen LogP contribution < -0.4 is 0 Å². The van der Waals surface area contributed by atoms with Crippen LogP contribution in [-0.2, 0) is 14.3 Å². The Morgan fingerprint density at radius 3 is 2.62 bits per heavy atom. The van der Waals surface area contributed by atoms with Gasteiger partial charge >= 0.3 is 5.97 Å². The van der Waals surface area contributed by atoms with Crippen molar-refractivity contribution >= 4 is 11.9 Å². The normalized spacial score (nSPS) is 26.3. The van der Waals surface area contributed by atoms with E-state index in [9.17, 15) is 14.7 Å². The van der Waals surface area contributed by atoms with E-state index < -0.39 is 11.4 Å². The summed E-state index contributed by atoms with van der Waals surface area (Å²) < 4.78 is 5.10. The minimum absolute atomic E-state index is 0.0251. The molecule has 2 heterocycles. The molecule has 136 valence electrons. The first kappa shape index (κ1) is 18.9. The Balaban J connectivity index is 1.92. The van der Waals surface area contributed by atoms with Crippen molar-refractivity contribution in [1.82, 2.24) is 9.80 Å². The molecule has 1 atom stereocenters. The number of carbonyl (C=O) groups excluding carboxylic acids is 1. The van der Waals surface area contributed by atoms with Crippen molar-refractivity contribution in [2.45, 2.75) is 32.1 Å². The number of nitrogens with zero attached hydrogens (tertiary/aromatic N) is 2. The minimum atomic E-state index is -0.852. The van der Waals surface area contributed by atoms with E-state index in [0.717, 1.165) is 38.9 Å². The monoisotopic (exact) mass is 338 g/mol. The fourth-order valence-corrected chi connectivity index (χ4v) is 3.91. The zero-order chi connectivity index (χ0) is 17.6. The fourth-order valence-electron chi connectivity index (χ4n) is 3.91. The van der Waals surface area contributed by atoms with Crippen LogP contribution in [-0.4, -0.2) is 73.2 Å². The molecule has 0 aromatic carbocycles. The highest BCUT2D eigenvalue weighted by Gasteiger charge is 2.43. The number of hydrogen-bond acceptors (Lipinski definition) is 4. The molecule has 0 aromatic rings. The predicted molar refractivity (Wildman–Crippen MR) is 91.7 cm³/mol. The summed E-state index contributed by atoms with van der Waals surface area (Å²) in [6.07, 6.45) is 5.14. The largest absolute Gasteiger partial charge is 0.481 e. The Morgan fingerprint density at radius 1 is 1.33 bits per heavy atom. The summed E-state index contributed by atoms with van der Waals surface area (Å²) in [5.41, 5.74) is -0.852. The van der Waals surface area contributed by atoms with Crippen molar-refractivity contribution in [3.8, 4) is 0 Å². The van der Waals surface area contributed by atoms with Gasteiger partial charge in [-0.2, -0.15) is 0 Å². The Kier molecular flexibility index (Phi) is 6.80. The maximum absolute atomic E-state index is 12.9. The number of carboxylic acids is 1. The molecule has 1 amide bonds. The topological polar surface area (TPSA) is 70.1 Å². The number of hydrogen-bond donors (Lipinski definition) is 1. The Labute approximate surface area is 144 Å². The van der Waals surface area contributed by atoms with Crippen molar-refractivity contribution < 1.29 is 19.4 Å². The molecule has 2 rings (SSSR count). The van der Waals surface area contributed by atoms with E-state index in [1.807, 2.05) is 0 Å². The Hall–Kier alpha value is -1.40. The second-order valence-electron chi connectivity index (χ2n) is 7.05. The van der Waals surface area contributed by atoms with E-state index in [-0.39, 0.29) is 11.8 Å². The average Bonchev–Trinajstić information content (AvgIpc) is 2.60. The van der Waals surface area contributed by atoms with Gasteiger partial charge in [0.1, 0.15) is 0 Å². The van der Waals surface area contributed by atoms with Crippen LogP contribution in [0.25, 0.3) is 0 Å². The molecular formula is C18H30N2O4. The molecule has 2 fully saturated rings. The maximum Gasteiger partial charge on any atom is 0.311 e. The number of allylic oxidation sites excluding steroid dienone is 1. The third-order valence-corrected chi connectivity index (χ3v) is 5.43. The summed E-state index contributed by atoms with van der Waals surface area (Å²) >= 11 is 0. The third kappa shape index (κ3) is 4.36. The quantitative estimate of drug-likeness (QED) is 0.714. The van der Waals surface area contributed by atoms with Gasteiger partial charge < -0.3 is 19.6 Å². The molecule has 24 heavy (non-hydrogen) atoms. The molecule has 0 saturated carbocycles. The summed E-state index contributed by atoms with van der Waals surface area (Å²) in [7, 11) is 1.70. The van der Waals surface area contributed by atoms with Gasteiger partial charge in [0.15, 0.2) is 0 Å². The van der Waals surface area contributed by atoms with Crippen molar-refractivity contribution in [3.63, 3.8) is 0 Å². The molecule has 1 N–H and O–H groups in total. The molecule has 0 unspecified atom stereocenters. The second-order valence-corrected chi connectivity index (χ2v) is 7.05. The van der Waals surface area contributed by atoms with Crippen molar-refractivity contribution in [3.05, 3.63) is 12.7 Å². The van der Waals surface area contributed by atoms with E-state index >= 15 is 0 Å². The number of aliphatic carboxylic acids is 1. The number of rotatable bonds is 7. The van der Waals surface area contributed by atoms with Crippen molar-refractivity contribution in [2.24, 2.45) is 11.3 Å². The van der Waals surface area contributed by atoms with Gasteiger partial charge in [-0.05, 0) is 45.2 Å². The van der Waals surface area contributed by atoms with E-state index in [2.05, 4.69) is 11.5 Å². The minimum Gasteiger partial charge on any atom is -0.481 e. The van der Waals surface area contributed by atoms with E-state index in [1.54, 1.807) is 18.1 Å². The number of carbonyl (C=O) groups is 2. The third-order valence-electron chi connectivity index (χ3n) is 5.43. The first-order valence-corrected chi connectivity index (χ1v) is 8.87. The molecule has 0 bridgehead atoms. The van der Waals surface area contributed by atoms with Crippen LogP contribution in [0.1, 0.15) is 32.1 Å². The number of piperidine rings is 2. The van der Waals surface area contributed by atoms with Crippen LogP contribution in [0.5, 0.6) is 0 Å². The van der Waals surface area contributed by atoms with Gasteiger partial charge in [0, 0.05) is 32.7 Å². The molecule has 2 aliphatic rings. The van der Waals surface area contributed by atoms with Gasteiger partial charge in [-0.15, -0.1) is 6.58 Å². The van der Waals surface area contributed by atoms with E-state index in [1.165, 1.54) is 0 Å². The molecule has 0 aromatic heterocycles. The molecule has 6 heteroatoms. The standard InChI is InChI=1S/C18H30N2O4/c1-3-7-18(17(22)23)8-4-9-20(14-18)16(21)15-5-10-19(11-6-15)12-13-24-2/h3,15H,1,4-14H2,2H3,(H,22,23)/t18-/m1/s1. The zero-order valence-corrected chi connectivity index (χ0v) is 14.7. The highest BCUT2D eigenvalue weighted by Crippen LogP contribution is 2.35. The maximum atomic E-state index is 12.9. The molecule has 0 spiro atoms. The molecule has 2 aliphatic heterocycles. The lowest BCUT2D eigenvalue weighted by Gasteiger charge is -2.42. The van der Waals surface area contributed by atoms with Crippen molar-refractivity contribution in [1.29, 1.82) is 0 Å². The van der Waals surface area contributed by atoms with Crippen LogP contribution in [0.3, 0.4) is 0 Å².